The molecule has 0 saturated heterocycles. The minimum atomic E-state index is -0.102. The van der Waals surface area contributed by atoms with Crippen molar-refractivity contribution in [1.82, 2.24) is 19.3 Å². The van der Waals surface area contributed by atoms with E-state index in [9.17, 15) is 4.79 Å². The van der Waals surface area contributed by atoms with Crippen molar-refractivity contribution in [2.45, 2.75) is 0 Å². The van der Waals surface area contributed by atoms with Crippen molar-refractivity contribution in [1.29, 1.82) is 0 Å². The number of aryl methyl sites for hydroxylation is 1. The summed E-state index contributed by atoms with van der Waals surface area (Å²) in [7, 11) is 1.81. The number of halogens is 1. The minimum absolute atomic E-state index is 0.102. The molecule has 0 fully saturated rings. The van der Waals surface area contributed by atoms with Gasteiger partial charge in [0, 0.05) is 17.7 Å². The maximum Gasteiger partial charge on any atom is 0.265 e. The molecule has 0 aliphatic carbocycles. The molecule has 2 aromatic heterocycles. The fourth-order valence-corrected chi connectivity index (χ4v) is 2.17. The Labute approximate surface area is 111 Å². The molecule has 2 heterocycles. The maximum absolute atomic E-state index is 12.4. The summed E-state index contributed by atoms with van der Waals surface area (Å²) in [4.78, 5) is 16.6. The number of hydrogen-bond donors (Lipinski definition) is 0. The number of aromatic nitrogens is 4. The lowest BCUT2D eigenvalue weighted by atomic mass is 10.2. The average molecular weight is 305 g/mol. The number of fused-ring (bicyclic) bond motifs is 1. The number of benzene rings is 1. The molecule has 1 aromatic carbocycles. The van der Waals surface area contributed by atoms with E-state index in [0.29, 0.717) is 16.6 Å². The minimum Gasteiger partial charge on any atom is -0.274 e. The van der Waals surface area contributed by atoms with Crippen LogP contribution in [-0.4, -0.2) is 19.3 Å². The van der Waals surface area contributed by atoms with Gasteiger partial charge in [-0.25, -0.2) is 4.98 Å². The maximum atomic E-state index is 12.4. The van der Waals surface area contributed by atoms with Gasteiger partial charge in [0.2, 0.25) is 0 Å². The average Bonchev–Trinajstić information content (AvgIpc) is 2.77. The zero-order valence-electron chi connectivity index (χ0n) is 9.54. The second-order valence-corrected chi connectivity index (χ2v) is 4.87. The molecule has 90 valence electrons. The topological polar surface area (TPSA) is 52.7 Å². The van der Waals surface area contributed by atoms with Gasteiger partial charge in [-0.2, -0.15) is 5.10 Å². The van der Waals surface area contributed by atoms with E-state index in [1.54, 1.807) is 30.2 Å². The summed E-state index contributed by atoms with van der Waals surface area (Å²) < 4.78 is 3.99. The van der Waals surface area contributed by atoms with Gasteiger partial charge in [0.05, 0.1) is 22.8 Å². The van der Waals surface area contributed by atoms with Gasteiger partial charge in [-0.15, -0.1) is 0 Å². The third-order valence-corrected chi connectivity index (χ3v) is 3.18. The van der Waals surface area contributed by atoms with E-state index < -0.39 is 0 Å². The van der Waals surface area contributed by atoms with Crippen molar-refractivity contribution in [3.63, 3.8) is 0 Å². The molecule has 0 aliphatic heterocycles. The van der Waals surface area contributed by atoms with Crippen molar-refractivity contribution < 1.29 is 0 Å². The van der Waals surface area contributed by atoms with Crippen LogP contribution < -0.4 is 5.56 Å². The first kappa shape index (κ1) is 11.2. The van der Waals surface area contributed by atoms with E-state index in [2.05, 4.69) is 26.0 Å². The van der Waals surface area contributed by atoms with E-state index in [-0.39, 0.29) is 5.56 Å². The SMILES string of the molecule is Cn1cc(-n2cnc3ccc(Br)cc3c2=O)cn1. The summed E-state index contributed by atoms with van der Waals surface area (Å²) in [6, 6.07) is 5.45. The van der Waals surface area contributed by atoms with Crippen LogP contribution in [-0.2, 0) is 7.05 Å². The van der Waals surface area contributed by atoms with Crippen LogP contribution in [0.2, 0.25) is 0 Å². The summed E-state index contributed by atoms with van der Waals surface area (Å²) in [5.41, 5.74) is 1.29. The van der Waals surface area contributed by atoms with E-state index >= 15 is 0 Å². The first-order chi connectivity index (χ1) is 8.65. The quantitative estimate of drug-likeness (QED) is 0.690. The van der Waals surface area contributed by atoms with E-state index in [1.165, 1.54) is 10.9 Å². The molecule has 0 saturated carbocycles. The molecule has 0 aliphatic rings. The summed E-state index contributed by atoms with van der Waals surface area (Å²) in [5, 5.41) is 4.63. The summed E-state index contributed by atoms with van der Waals surface area (Å²) in [5.74, 6) is 0. The van der Waals surface area contributed by atoms with Gasteiger partial charge in [0.1, 0.15) is 6.33 Å². The van der Waals surface area contributed by atoms with Crippen LogP contribution in [0.1, 0.15) is 0 Å². The Morgan fingerprint density at radius 1 is 1.33 bits per heavy atom. The number of nitrogens with zero attached hydrogens (tertiary/aromatic N) is 4. The van der Waals surface area contributed by atoms with Gasteiger partial charge in [-0.05, 0) is 18.2 Å². The van der Waals surface area contributed by atoms with Crippen molar-refractivity contribution in [3.8, 4) is 5.69 Å². The van der Waals surface area contributed by atoms with Crippen LogP contribution in [0.5, 0.6) is 0 Å². The van der Waals surface area contributed by atoms with Crippen LogP contribution >= 0.6 is 15.9 Å². The van der Waals surface area contributed by atoms with Crippen molar-refractivity contribution in [3.05, 3.63) is 51.7 Å². The molecule has 0 N–H and O–H groups in total. The third kappa shape index (κ3) is 1.74. The standard InChI is InChI=1S/C12H9BrN4O/c1-16-6-9(5-15-16)17-7-14-11-3-2-8(13)4-10(11)12(17)18/h2-7H,1H3. The van der Waals surface area contributed by atoms with Crippen LogP contribution in [0, 0.1) is 0 Å². The van der Waals surface area contributed by atoms with Gasteiger partial charge in [0.25, 0.3) is 5.56 Å². The highest BCUT2D eigenvalue weighted by Crippen LogP contribution is 2.15. The molecule has 18 heavy (non-hydrogen) atoms. The fourth-order valence-electron chi connectivity index (χ4n) is 1.81. The highest BCUT2D eigenvalue weighted by atomic mass is 79.9. The predicted octanol–water partition coefficient (Wildman–Crippen LogP) is 1.88. The smallest absolute Gasteiger partial charge is 0.265 e. The van der Waals surface area contributed by atoms with Gasteiger partial charge in [-0.1, -0.05) is 15.9 Å². The second kappa shape index (κ2) is 4.06. The molecule has 3 aromatic rings. The van der Waals surface area contributed by atoms with Crippen molar-refractivity contribution >= 4 is 26.8 Å². The van der Waals surface area contributed by atoms with Gasteiger partial charge in [-0.3, -0.25) is 14.0 Å². The lowest BCUT2D eigenvalue weighted by molar-refractivity contribution is 0.767. The van der Waals surface area contributed by atoms with Crippen LogP contribution in [0.25, 0.3) is 16.6 Å². The Balaban J connectivity index is 2.32. The normalized spacial score (nSPS) is 11.0. The molecule has 6 heteroatoms. The monoisotopic (exact) mass is 304 g/mol. The van der Waals surface area contributed by atoms with E-state index in [0.717, 1.165) is 4.47 Å². The second-order valence-electron chi connectivity index (χ2n) is 3.95. The molecule has 0 spiro atoms. The van der Waals surface area contributed by atoms with E-state index in [4.69, 9.17) is 0 Å². The highest BCUT2D eigenvalue weighted by Gasteiger charge is 2.07. The predicted molar refractivity (Wildman–Crippen MR) is 71.8 cm³/mol. The zero-order valence-corrected chi connectivity index (χ0v) is 11.1. The highest BCUT2D eigenvalue weighted by molar-refractivity contribution is 9.10. The Morgan fingerprint density at radius 2 is 2.17 bits per heavy atom. The molecule has 0 unspecified atom stereocenters. The molecule has 3 rings (SSSR count). The third-order valence-electron chi connectivity index (χ3n) is 2.69. The number of rotatable bonds is 1. The van der Waals surface area contributed by atoms with Crippen LogP contribution in [0.3, 0.4) is 0 Å². The first-order valence-electron chi connectivity index (χ1n) is 5.31. The largest absolute Gasteiger partial charge is 0.274 e. The molecule has 0 radical (unpaired) electrons. The zero-order chi connectivity index (χ0) is 12.7. The van der Waals surface area contributed by atoms with Gasteiger partial charge < -0.3 is 0 Å². The van der Waals surface area contributed by atoms with Gasteiger partial charge >= 0.3 is 0 Å². The summed E-state index contributed by atoms with van der Waals surface area (Å²) >= 11 is 3.36. The lowest BCUT2D eigenvalue weighted by Gasteiger charge is -2.03. The van der Waals surface area contributed by atoms with Gasteiger partial charge in [0.15, 0.2) is 0 Å². The molecular weight excluding hydrogens is 296 g/mol. The summed E-state index contributed by atoms with van der Waals surface area (Å²) in [6.45, 7) is 0. The number of hydrogen-bond acceptors (Lipinski definition) is 3. The molecule has 0 bridgehead atoms. The lowest BCUT2D eigenvalue weighted by Crippen LogP contribution is -2.18. The Hall–Kier alpha value is -1.95. The van der Waals surface area contributed by atoms with Crippen molar-refractivity contribution in [2.24, 2.45) is 7.05 Å². The Kier molecular flexibility index (Phi) is 2.52. The Morgan fingerprint density at radius 3 is 2.89 bits per heavy atom. The van der Waals surface area contributed by atoms with E-state index in [1.807, 2.05) is 12.1 Å². The molecular formula is C12H9BrN4O. The van der Waals surface area contributed by atoms with Crippen LogP contribution in [0.4, 0.5) is 0 Å². The first-order valence-corrected chi connectivity index (χ1v) is 6.10. The molecule has 5 nitrogen and oxygen atoms in total. The van der Waals surface area contributed by atoms with Crippen LogP contribution in [0.15, 0.2) is 46.2 Å². The Bertz CT molecular complexity index is 790. The fraction of sp³-hybridized carbons (Fsp3) is 0.0833. The van der Waals surface area contributed by atoms with Crippen molar-refractivity contribution in [2.75, 3.05) is 0 Å². The molecule has 0 amide bonds. The summed E-state index contributed by atoms with van der Waals surface area (Å²) in [6.07, 6.45) is 4.93. The molecule has 0 atom stereocenters.